The van der Waals surface area contributed by atoms with Crippen molar-refractivity contribution in [3.63, 3.8) is 0 Å². The summed E-state index contributed by atoms with van der Waals surface area (Å²) in [5.41, 5.74) is 10.0. The molecule has 0 spiro atoms. The van der Waals surface area contributed by atoms with Gasteiger partial charge in [0.15, 0.2) is 0 Å². The number of fused-ring (bicyclic) bond motifs is 1. The van der Waals surface area contributed by atoms with E-state index in [1.165, 1.54) is 0 Å². The molecule has 3 aromatic carbocycles. The minimum Gasteiger partial charge on any atom is -0.490 e. The van der Waals surface area contributed by atoms with Gasteiger partial charge < -0.3 is 20.9 Å². The van der Waals surface area contributed by atoms with Crippen molar-refractivity contribution in [1.29, 1.82) is 0 Å². The van der Waals surface area contributed by atoms with Gasteiger partial charge in [0.1, 0.15) is 17.7 Å². The molecule has 0 radical (unpaired) electrons. The zero-order valence-corrected chi connectivity index (χ0v) is 18.0. The smallest absolute Gasteiger partial charge is 0.307 e. The van der Waals surface area contributed by atoms with Crippen molar-refractivity contribution in [2.45, 2.75) is 31.9 Å². The third-order valence-electron chi connectivity index (χ3n) is 5.47. The molecule has 7 heteroatoms. The molecule has 4 rings (SSSR count). The van der Waals surface area contributed by atoms with E-state index in [4.69, 9.17) is 15.6 Å². The highest BCUT2D eigenvalue weighted by molar-refractivity contribution is 6.05. The molecule has 7 nitrogen and oxygen atoms in total. The maximum atomic E-state index is 12.7. The number of carboxylic acids is 1. The molecule has 1 unspecified atom stereocenters. The molecule has 1 atom stereocenters. The van der Waals surface area contributed by atoms with Gasteiger partial charge in [-0.05, 0) is 54.3 Å². The summed E-state index contributed by atoms with van der Waals surface area (Å²) in [6.07, 6.45) is 0.992. The summed E-state index contributed by atoms with van der Waals surface area (Å²) in [4.78, 5) is 28.0. The second kappa shape index (κ2) is 9.99. The number of carbonyl (C=O) groups is 2. The lowest BCUT2D eigenvalue weighted by atomic mass is 10.00. The molecule has 3 aromatic rings. The minimum atomic E-state index is -0.873. The number of carbonyl (C=O) groups excluding carboxylic acids is 1. The summed E-state index contributed by atoms with van der Waals surface area (Å²) in [6.45, 7) is 0.494. The fraction of sp³-hybridized carbons (Fsp3) is 0.192. The Bertz CT molecular complexity index is 1170. The van der Waals surface area contributed by atoms with Crippen molar-refractivity contribution in [2.24, 2.45) is 10.7 Å². The van der Waals surface area contributed by atoms with E-state index < -0.39 is 5.97 Å². The Kier molecular flexibility index (Phi) is 6.69. The van der Waals surface area contributed by atoms with Crippen LogP contribution in [-0.2, 0) is 17.8 Å². The summed E-state index contributed by atoms with van der Waals surface area (Å²) in [5.74, 6) is -0.0221. The first-order chi connectivity index (χ1) is 16.0. The number of carboxylic acid groups (broad SMARTS) is 1. The molecule has 1 aliphatic heterocycles. The molecule has 0 fully saturated rings. The molecular formula is C26H25N3O4. The number of aryl methyl sites for hydroxylation is 1. The number of hydrogen-bond donors (Lipinski definition) is 3. The van der Waals surface area contributed by atoms with E-state index in [1.807, 2.05) is 36.4 Å². The number of ether oxygens (including phenoxy) is 1. The quantitative estimate of drug-likeness (QED) is 0.377. The van der Waals surface area contributed by atoms with E-state index in [1.54, 1.807) is 36.4 Å². The van der Waals surface area contributed by atoms with Crippen LogP contribution in [0.15, 0.2) is 77.8 Å². The molecule has 1 aliphatic rings. The first kappa shape index (κ1) is 22.1. The average molecular weight is 444 g/mol. The minimum absolute atomic E-state index is 0.0185. The van der Waals surface area contributed by atoms with Gasteiger partial charge in [0.25, 0.3) is 5.91 Å². The Balaban J connectivity index is 1.37. The first-order valence-electron chi connectivity index (χ1n) is 10.7. The van der Waals surface area contributed by atoms with Crippen LogP contribution in [0, 0.1) is 0 Å². The van der Waals surface area contributed by atoms with Crippen LogP contribution < -0.4 is 15.8 Å². The van der Waals surface area contributed by atoms with Crippen LogP contribution >= 0.6 is 0 Å². The molecule has 0 aromatic heterocycles. The largest absolute Gasteiger partial charge is 0.490 e. The molecule has 168 valence electrons. The summed E-state index contributed by atoms with van der Waals surface area (Å²) >= 11 is 0. The molecule has 0 saturated heterocycles. The number of hydrogen-bond acceptors (Lipinski definition) is 4. The maximum Gasteiger partial charge on any atom is 0.307 e. The van der Waals surface area contributed by atoms with Crippen LogP contribution in [0.2, 0.25) is 0 Å². The number of aliphatic carboxylic acids is 1. The van der Waals surface area contributed by atoms with Crippen molar-refractivity contribution in [1.82, 2.24) is 0 Å². The van der Waals surface area contributed by atoms with Gasteiger partial charge in [-0.25, -0.2) is 0 Å². The van der Waals surface area contributed by atoms with Gasteiger partial charge in [-0.3, -0.25) is 14.6 Å². The van der Waals surface area contributed by atoms with E-state index in [2.05, 4.69) is 10.3 Å². The Hall–Kier alpha value is -4.13. The van der Waals surface area contributed by atoms with Gasteiger partial charge in [-0.2, -0.15) is 0 Å². The number of amidine groups is 1. The molecule has 4 N–H and O–H groups in total. The molecule has 0 saturated carbocycles. The SMILES string of the molecule is NC(=NCc1ccccc1)c1ccc(C(=O)Nc2ccc3c(c2)CCC(CC(=O)O)O3)cc1. The van der Waals surface area contributed by atoms with Gasteiger partial charge >= 0.3 is 5.97 Å². The number of nitrogens with one attached hydrogen (secondary N) is 1. The van der Waals surface area contributed by atoms with Gasteiger partial charge in [-0.15, -0.1) is 0 Å². The summed E-state index contributed by atoms with van der Waals surface area (Å²) in [5, 5.41) is 11.8. The molecule has 1 amide bonds. The second-order valence-electron chi connectivity index (χ2n) is 7.92. The predicted octanol–water partition coefficient (Wildman–Crippen LogP) is 4.01. The zero-order chi connectivity index (χ0) is 23.2. The molecule has 0 aliphatic carbocycles. The standard InChI is InChI=1S/C26H25N3O4/c27-25(28-16-17-4-2-1-3-5-17)18-6-8-19(9-7-18)26(32)29-21-11-13-23-20(14-21)10-12-22(33-23)15-24(30)31/h1-9,11,13-14,22H,10,12,15-16H2,(H2,27,28)(H,29,32)(H,30,31). The van der Waals surface area contributed by atoms with Gasteiger partial charge in [0, 0.05) is 16.8 Å². The average Bonchev–Trinajstić information content (AvgIpc) is 2.83. The molecule has 1 heterocycles. The van der Waals surface area contributed by atoms with Gasteiger partial charge in [0.05, 0.1) is 13.0 Å². The highest BCUT2D eigenvalue weighted by Gasteiger charge is 2.22. The summed E-state index contributed by atoms with van der Waals surface area (Å²) in [7, 11) is 0. The van der Waals surface area contributed by atoms with E-state index in [0.717, 1.165) is 16.7 Å². The Morgan fingerprint density at radius 2 is 1.76 bits per heavy atom. The molecule has 33 heavy (non-hydrogen) atoms. The van der Waals surface area contributed by atoms with Crippen LogP contribution in [0.3, 0.4) is 0 Å². The highest BCUT2D eigenvalue weighted by atomic mass is 16.5. The number of aliphatic imine (C=N–C) groups is 1. The lowest BCUT2D eigenvalue weighted by Gasteiger charge is -2.25. The van der Waals surface area contributed by atoms with Crippen LogP contribution in [0.5, 0.6) is 5.75 Å². The van der Waals surface area contributed by atoms with E-state index in [-0.39, 0.29) is 18.4 Å². The number of nitrogens with two attached hydrogens (primary N) is 1. The van der Waals surface area contributed by atoms with Gasteiger partial charge in [0.2, 0.25) is 0 Å². The third kappa shape index (κ3) is 5.77. The van der Waals surface area contributed by atoms with Crippen LogP contribution in [0.4, 0.5) is 5.69 Å². The molecular weight excluding hydrogens is 418 g/mol. The monoisotopic (exact) mass is 443 g/mol. The topological polar surface area (TPSA) is 114 Å². The Labute approximate surface area is 191 Å². The Morgan fingerprint density at radius 3 is 2.48 bits per heavy atom. The van der Waals surface area contributed by atoms with E-state index in [9.17, 15) is 9.59 Å². The van der Waals surface area contributed by atoms with Crippen LogP contribution in [-0.4, -0.2) is 28.9 Å². The fourth-order valence-corrected chi connectivity index (χ4v) is 3.71. The second-order valence-corrected chi connectivity index (χ2v) is 7.92. The van der Waals surface area contributed by atoms with Gasteiger partial charge in [-0.1, -0.05) is 42.5 Å². The first-order valence-corrected chi connectivity index (χ1v) is 10.7. The van der Waals surface area contributed by atoms with E-state index >= 15 is 0 Å². The van der Waals surface area contributed by atoms with E-state index in [0.29, 0.717) is 42.2 Å². The number of anilines is 1. The number of benzene rings is 3. The lowest BCUT2D eigenvalue weighted by molar-refractivity contribution is -0.139. The lowest BCUT2D eigenvalue weighted by Crippen LogP contribution is -2.25. The number of rotatable bonds is 7. The summed E-state index contributed by atoms with van der Waals surface area (Å²) < 4.78 is 5.75. The maximum absolute atomic E-state index is 12.7. The molecule has 0 bridgehead atoms. The normalized spacial score (nSPS) is 15.3. The van der Waals surface area contributed by atoms with Crippen molar-refractivity contribution in [3.8, 4) is 5.75 Å². The fourth-order valence-electron chi connectivity index (χ4n) is 3.71. The van der Waals surface area contributed by atoms with Crippen molar-refractivity contribution in [3.05, 3.63) is 95.1 Å². The van der Waals surface area contributed by atoms with Crippen molar-refractivity contribution < 1.29 is 19.4 Å². The van der Waals surface area contributed by atoms with Crippen molar-refractivity contribution in [2.75, 3.05) is 5.32 Å². The highest BCUT2D eigenvalue weighted by Crippen LogP contribution is 2.31. The van der Waals surface area contributed by atoms with Crippen LogP contribution in [0.1, 0.15) is 39.9 Å². The zero-order valence-electron chi connectivity index (χ0n) is 18.0. The predicted molar refractivity (Wildman–Crippen MR) is 127 cm³/mol. The summed E-state index contributed by atoms with van der Waals surface area (Å²) in [6, 6.07) is 22.2. The van der Waals surface area contributed by atoms with Crippen molar-refractivity contribution >= 4 is 23.4 Å². The van der Waals surface area contributed by atoms with Crippen LogP contribution in [0.25, 0.3) is 0 Å². The number of amides is 1. The third-order valence-corrected chi connectivity index (χ3v) is 5.47. The Morgan fingerprint density at radius 1 is 1.03 bits per heavy atom. The number of nitrogens with zero attached hydrogens (tertiary/aromatic N) is 1.